The summed E-state index contributed by atoms with van der Waals surface area (Å²) in [5.41, 5.74) is 0. The smallest absolute Gasteiger partial charge is 0.306 e. The normalized spacial score (nSPS) is 12.6. The van der Waals surface area contributed by atoms with Crippen LogP contribution in [0.2, 0.25) is 0 Å². The lowest BCUT2D eigenvalue weighted by Gasteiger charge is -2.17. The second-order valence-corrected chi connectivity index (χ2v) is 13.1. The number of ether oxygens (including phenoxy) is 1. The first-order valence-corrected chi connectivity index (χ1v) is 19.5. The first-order chi connectivity index (χ1) is 22.1. The molecule has 0 aliphatic heterocycles. The van der Waals surface area contributed by atoms with E-state index in [2.05, 4.69) is 50.3 Å². The van der Waals surface area contributed by atoms with E-state index in [0.717, 1.165) is 64.2 Å². The first kappa shape index (κ1) is 43.2. The van der Waals surface area contributed by atoms with Crippen LogP contribution in [0.1, 0.15) is 206 Å². The van der Waals surface area contributed by atoms with Crippen molar-refractivity contribution in [3.05, 3.63) is 36.5 Å². The predicted molar refractivity (Wildman–Crippen MR) is 195 cm³/mol. The van der Waals surface area contributed by atoms with Crippen molar-refractivity contribution in [2.45, 2.75) is 213 Å². The molecule has 262 valence electrons. The lowest BCUT2D eigenvalue weighted by molar-refractivity contribution is -0.150. The SMILES string of the molecule is CCCCC/C=C\C/C=C\CCCC/C=C\CCCCCCCC(=O)OC(CCC)CCCCCCCCCCCCC(=O)O. The van der Waals surface area contributed by atoms with Crippen LogP contribution in [0.25, 0.3) is 0 Å². The van der Waals surface area contributed by atoms with E-state index in [-0.39, 0.29) is 12.1 Å². The van der Waals surface area contributed by atoms with Gasteiger partial charge in [-0.2, -0.15) is 0 Å². The predicted octanol–water partition coefficient (Wildman–Crippen LogP) is 13.4. The fourth-order valence-electron chi connectivity index (χ4n) is 5.73. The quantitative estimate of drug-likeness (QED) is 0.0430. The molecule has 0 radical (unpaired) electrons. The Bertz CT molecular complexity index is 723. The molecular formula is C41H74O4. The van der Waals surface area contributed by atoms with E-state index in [4.69, 9.17) is 9.84 Å². The Morgan fingerprint density at radius 1 is 0.489 bits per heavy atom. The van der Waals surface area contributed by atoms with Crippen molar-refractivity contribution in [2.24, 2.45) is 0 Å². The number of carbonyl (C=O) groups excluding carboxylic acids is 1. The summed E-state index contributed by atoms with van der Waals surface area (Å²) in [5.74, 6) is -0.673. The van der Waals surface area contributed by atoms with Gasteiger partial charge in [-0.05, 0) is 89.9 Å². The molecular weight excluding hydrogens is 556 g/mol. The Morgan fingerprint density at radius 3 is 1.42 bits per heavy atom. The van der Waals surface area contributed by atoms with Gasteiger partial charge in [0.15, 0.2) is 0 Å². The Labute approximate surface area is 279 Å². The second kappa shape index (κ2) is 36.6. The van der Waals surface area contributed by atoms with E-state index in [0.29, 0.717) is 12.8 Å². The summed E-state index contributed by atoms with van der Waals surface area (Å²) in [4.78, 5) is 22.9. The maximum Gasteiger partial charge on any atom is 0.306 e. The van der Waals surface area contributed by atoms with Crippen LogP contribution in [-0.4, -0.2) is 23.1 Å². The summed E-state index contributed by atoms with van der Waals surface area (Å²) < 4.78 is 5.85. The number of carboxylic acid groups (broad SMARTS) is 1. The molecule has 0 bridgehead atoms. The average molecular weight is 631 g/mol. The molecule has 1 N–H and O–H groups in total. The molecule has 0 heterocycles. The average Bonchev–Trinajstić information content (AvgIpc) is 3.02. The molecule has 0 amide bonds. The van der Waals surface area contributed by atoms with Gasteiger partial charge in [0.1, 0.15) is 6.10 Å². The summed E-state index contributed by atoms with van der Waals surface area (Å²) in [7, 11) is 0. The van der Waals surface area contributed by atoms with Crippen LogP contribution in [0.3, 0.4) is 0 Å². The molecule has 0 aliphatic carbocycles. The minimum atomic E-state index is -0.678. The van der Waals surface area contributed by atoms with Crippen molar-refractivity contribution in [1.82, 2.24) is 0 Å². The van der Waals surface area contributed by atoms with Crippen LogP contribution in [0, 0.1) is 0 Å². The van der Waals surface area contributed by atoms with Gasteiger partial charge in [-0.3, -0.25) is 9.59 Å². The molecule has 0 saturated carbocycles. The molecule has 0 fully saturated rings. The van der Waals surface area contributed by atoms with E-state index >= 15 is 0 Å². The maximum atomic E-state index is 12.4. The van der Waals surface area contributed by atoms with Gasteiger partial charge in [0, 0.05) is 12.8 Å². The zero-order valence-corrected chi connectivity index (χ0v) is 29.9. The number of carboxylic acids is 1. The van der Waals surface area contributed by atoms with Crippen LogP contribution >= 0.6 is 0 Å². The van der Waals surface area contributed by atoms with Gasteiger partial charge in [0.2, 0.25) is 0 Å². The van der Waals surface area contributed by atoms with Gasteiger partial charge >= 0.3 is 11.9 Å². The molecule has 0 rings (SSSR count). The molecule has 0 aromatic carbocycles. The summed E-state index contributed by atoms with van der Waals surface area (Å²) >= 11 is 0. The van der Waals surface area contributed by atoms with Crippen molar-refractivity contribution < 1.29 is 19.4 Å². The molecule has 1 unspecified atom stereocenters. The van der Waals surface area contributed by atoms with Gasteiger partial charge < -0.3 is 9.84 Å². The molecule has 4 heteroatoms. The molecule has 1 atom stereocenters. The molecule has 0 aliphatic rings. The fourth-order valence-corrected chi connectivity index (χ4v) is 5.73. The molecule has 4 nitrogen and oxygen atoms in total. The largest absolute Gasteiger partial charge is 0.481 e. The Morgan fingerprint density at radius 2 is 0.911 bits per heavy atom. The monoisotopic (exact) mass is 631 g/mol. The van der Waals surface area contributed by atoms with Crippen LogP contribution < -0.4 is 0 Å². The van der Waals surface area contributed by atoms with Gasteiger partial charge in [0.05, 0.1) is 0 Å². The van der Waals surface area contributed by atoms with Crippen LogP contribution in [-0.2, 0) is 14.3 Å². The topological polar surface area (TPSA) is 63.6 Å². The second-order valence-electron chi connectivity index (χ2n) is 13.1. The maximum absolute atomic E-state index is 12.4. The molecule has 45 heavy (non-hydrogen) atoms. The summed E-state index contributed by atoms with van der Waals surface area (Å²) in [6, 6.07) is 0. The van der Waals surface area contributed by atoms with Crippen molar-refractivity contribution >= 4 is 11.9 Å². The van der Waals surface area contributed by atoms with Crippen molar-refractivity contribution in [1.29, 1.82) is 0 Å². The van der Waals surface area contributed by atoms with E-state index in [1.165, 1.54) is 116 Å². The number of hydrogen-bond acceptors (Lipinski definition) is 3. The Kier molecular flexibility index (Phi) is 35.1. The highest BCUT2D eigenvalue weighted by atomic mass is 16.5. The van der Waals surface area contributed by atoms with E-state index in [9.17, 15) is 9.59 Å². The first-order valence-electron chi connectivity index (χ1n) is 19.5. The zero-order chi connectivity index (χ0) is 32.9. The minimum absolute atomic E-state index is 0.00451. The van der Waals surface area contributed by atoms with E-state index < -0.39 is 5.97 Å². The highest BCUT2D eigenvalue weighted by Gasteiger charge is 2.13. The summed E-state index contributed by atoms with van der Waals surface area (Å²) in [5, 5.41) is 8.67. The Balaban J connectivity index is 3.57. The molecule has 0 aromatic heterocycles. The van der Waals surface area contributed by atoms with E-state index in [1.807, 2.05) is 0 Å². The highest BCUT2D eigenvalue weighted by molar-refractivity contribution is 5.69. The number of rotatable bonds is 35. The van der Waals surface area contributed by atoms with Crippen molar-refractivity contribution in [2.75, 3.05) is 0 Å². The van der Waals surface area contributed by atoms with E-state index in [1.54, 1.807) is 0 Å². The van der Waals surface area contributed by atoms with Gasteiger partial charge in [-0.15, -0.1) is 0 Å². The standard InChI is InChI=1S/C41H74O4/c1-3-5-6-7-8-9-10-11-12-13-14-15-16-17-18-19-20-25-28-31-34-38-41(44)45-39(35-4-2)36-32-29-26-23-21-22-24-27-30-33-37-40(42)43/h8-9,11-12,17-18,39H,3-7,10,13-16,19-38H2,1-2H3,(H,42,43)/b9-8-,12-11-,18-17-. The number of unbranched alkanes of at least 4 members (excludes halogenated alkanes) is 20. The number of carbonyl (C=O) groups is 2. The number of aliphatic carboxylic acids is 1. The molecule has 0 saturated heterocycles. The summed E-state index contributed by atoms with van der Waals surface area (Å²) in [6.45, 7) is 4.43. The molecule has 0 aromatic rings. The molecule has 0 spiro atoms. The summed E-state index contributed by atoms with van der Waals surface area (Å²) in [6.07, 6.45) is 48.0. The van der Waals surface area contributed by atoms with Crippen LogP contribution in [0.4, 0.5) is 0 Å². The number of hydrogen-bond donors (Lipinski definition) is 1. The lowest BCUT2D eigenvalue weighted by atomic mass is 10.0. The third kappa shape index (κ3) is 36.5. The highest BCUT2D eigenvalue weighted by Crippen LogP contribution is 2.17. The number of esters is 1. The third-order valence-electron chi connectivity index (χ3n) is 8.57. The zero-order valence-electron chi connectivity index (χ0n) is 29.9. The van der Waals surface area contributed by atoms with Gasteiger partial charge in [0.25, 0.3) is 0 Å². The van der Waals surface area contributed by atoms with Gasteiger partial charge in [-0.25, -0.2) is 0 Å². The number of allylic oxidation sites excluding steroid dienone is 6. The van der Waals surface area contributed by atoms with Gasteiger partial charge in [-0.1, -0.05) is 140 Å². The van der Waals surface area contributed by atoms with Crippen LogP contribution in [0.5, 0.6) is 0 Å². The van der Waals surface area contributed by atoms with Crippen molar-refractivity contribution in [3.8, 4) is 0 Å². The fraction of sp³-hybridized carbons (Fsp3) is 0.805. The van der Waals surface area contributed by atoms with Crippen LogP contribution in [0.15, 0.2) is 36.5 Å². The lowest BCUT2D eigenvalue weighted by Crippen LogP contribution is -2.18. The Hall–Kier alpha value is -1.84. The van der Waals surface area contributed by atoms with Crippen molar-refractivity contribution in [3.63, 3.8) is 0 Å². The minimum Gasteiger partial charge on any atom is -0.481 e. The third-order valence-corrected chi connectivity index (χ3v) is 8.57.